The monoisotopic (exact) mass is 557 g/mol. The van der Waals surface area contributed by atoms with Gasteiger partial charge in [0.25, 0.3) is 5.56 Å². The molecule has 12 nitrogen and oxygen atoms in total. The van der Waals surface area contributed by atoms with E-state index in [4.69, 9.17) is 24.3 Å². The van der Waals surface area contributed by atoms with E-state index < -0.39 is 73.6 Å². The van der Waals surface area contributed by atoms with Crippen LogP contribution in [-0.4, -0.2) is 63.4 Å². The van der Waals surface area contributed by atoms with Crippen LogP contribution in [0.3, 0.4) is 0 Å². The highest BCUT2D eigenvalue weighted by Crippen LogP contribution is 2.52. The fourth-order valence-corrected chi connectivity index (χ4v) is 6.16. The zero-order valence-corrected chi connectivity index (χ0v) is 22.4. The molecule has 0 bridgehead atoms. The molecule has 1 unspecified atom stereocenters. The van der Waals surface area contributed by atoms with Crippen LogP contribution in [-0.2, 0) is 23.4 Å². The molecule has 0 saturated carbocycles. The van der Waals surface area contributed by atoms with Crippen molar-refractivity contribution in [3.8, 4) is 5.75 Å². The van der Waals surface area contributed by atoms with Crippen LogP contribution >= 0.6 is 7.60 Å². The fourth-order valence-electron chi connectivity index (χ4n) is 4.07. The number of ether oxygens (including phenoxy) is 2. The molecule has 210 valence electrons. The third kappa shape index (κ3) is 6.59. The van der Waals surface area contributed by atoms with Crippen molar-refractivity contribution in [3.05, 3.63) is 63.4 Å². The van der Waals surface area contributed by atoms with Crippen LogP contribution in [0.4, 0.5) is 4.39 Å². The lowest BCUT2D eigenvalue weighted by Crippen LogP contribution is -2.58. The molecule has 0 amide bonds. The molecule has 4 N–H and O–H groups in total. The minimum absolute atomic E-state index is 0.204. The number of nitrogens with two attached hydrogens (primary N) is 1. The van der Waals surface area contributed by atoms with Crippen molar-refractivity contribution >= 4 is 13.6 Å². The first-order valence-electron chi connectivity index (χ1n) is 12.0. The van der Waals surface area contributed by atoms with Gasteiger partial charge in [0.05, 0.1) is 24.3 Å². The average Bonchev–Trinajstić information content (AvgIpc) is 3.10. The molecule has 1 aliphatic heterocycles. The van der Waals surface area contributed by atoms with Crippen LogP contribution in [0.15, 0.2) is 52.2 Å². The van der Waals surface area contributed by atoms with Gasteiger partial charge in [-0.3, -0.25) is 23.7 Å². The molecule has 38 heavy (non-hydrogen) atoms. The number of aliphatic hydroxyl groups excluding tert-OH is 1. The van der Waals surface area contributed by atoms with Crippen molar-refractivity contribution in [1.29, 1.82) is 0 Å². The van der Waals surface area contributed by atoms with Crippen LogP contribution in [0.1, 0.15) is 33.9 Å². The molecule has 2 heterocycles. The van der Waals surface area contributed by atoms with Crippen LogP contribution in [0.5, 0.6) is 5.75 Å². The van der Waals surface area contributed by atoms with Gasteiger partial charge < -0.3 is 24.8 Å². The fraction of sp³-hybridized carbons (Fsp3) is 0.542. The number of halogens is 1. The Labute approximate surface area is 218 Å². The first-order chi connectivity index (χ1) is 17.8. The summed E-state index contributed by atoms with van der Waals surface area (Å²) in [6.07, 6.45) is -5.55. The van der Waals surface area contributed by atoms with Crippen LogP contribution in [0.2, 0.25) is 0 Å². The zero-order chi connectivity index (χ0) is 28.3. The van der Waals surface area contributed by atoms with Gasteiger partial charge in [0.1, 0.15) is 30.2 Å². The molecule has 3 rings (SSSR count). The Hall–Kier alpha value is -2.83. The summed E-state index contributed by atoms with van der Waals surface area (Å²) in [6, 6.07) is 9.14. The smallest absolute Gasteiger partial charge is 0.380 e. The number of rotatable bonds is 11. The third-order valence-electron chi connectivity index (χ3n) is 5.97. The van der Waals surface area contributed by atoms with Crippen molar-refractivity contribution in [1.82, 2.24) is 9.55 Å². The number of H-pyrrole nitrogens is 1. The molecular weight excluding hydrogens is 524 g/mol. The number of hydrogen-bond acceptors (Lipinski definition) is 10. The summed E-state index contributed by atoms with van der Waals surface area (Å²) in [6.45, 7) is 4.96. The number of aromatic amines is 1. The molecule has 1 fully saturated rings. The second kappa shape index (κ2) is 11.9. The maximum atomic E-state index is 14.2. The number of aromatic nitrogens is 2. The minimum atomic E-state index is -4.13. The summed E-state index contributed by atoms with van der Waals surface area (Å²) in [5.41, 5.74) is 2.42. The van der Waals surface area contributed by atoms with Crippen molar-refractivity contribution in [2.24, 2.45) is 11.7 Å². The first kappa shape index (κ1) is 29.7. The summed E-state index contributed by atoms with van der Waals surface area (Å²) in [5, 5.41) is 10.9. The van der Waals surface area contributed by atoms with E-state index >= 15 is 0 Å². The van der Waals surface area contributed by atoms with Crippen molar-refractivity contribution in [2.75, 3.05) is 12.8 Å². The van der Waals surface area contributed by atoms with E-state index in [1.807, 2.05) is 4.98 Å². The van der Waals surface area contributed by atoms with E-state index in [1.54, 1.807) is 44.2 Å². The lowest BCUT2D eigenvalue weighted by molar-refractivity contribution is -0.151. The maximum absolute atomic E-state index is 14.2. The van der Waals surface area contributed by atoms with Gasteiger partial charge in [-0.05, 0) is 32.9 Å². The standard InChI is InChI=1S/C24H33FN3O9P/c1-14(2)34-21(31)15(3)12-38(33,37-17-8-6-5-7-9-17)36-16(4)19-20(30)24(26,13-25)22(35-19)28-11-10-18(29)27-23(28)32/h5-11,14-16,19-20,22,30H,12-13,26H2,1-4H3,(H,27,29,32)/t15-,16-,19-,20+,22-,24?,38+/m1/s1. The number of carbonyl (C=O) groups excluding carboxylic acids is 1. The molecule has 1 saturated heterocycles. The van der Waals surface area contributed by atoms with Crippen LogP contribution < -0.4 is 21.5 Å². The lowest BCUT2D eigenvalue weighted by atomic mass is 9.91. The van der Waals surface area contributed by atoms with Crippen LogP contribution in [0, 0.1) is 5.92 Å². The number of esters is 1. The highest BCUT2D eigenvalue weighted by Gasteiger charge is 2.57. The highest BCUT2D eigenvalue weighted by atomic mass is 31.2. The van der Waals surface area contributed by atoms with Crippen molar-refractivity contribution < 1.29 is 37.4 Å². The Morgan fingerprint density at radius 3 is 2.47 bits per heavy atom. The number of nitrogens with zero attached hydrogens (tertiary/aromatic N) is 1. The van der Waals surface area contributed by atoms with Gasteiger partial charge >= 0.3 is 19.3 Å². The van der Waals surface area contributed by atoms with Gasteiger partial charge in [-0.25, -0.2) is 13.8 Å². The summed E-state index contributed by atoms with van der Waals surface area (Å²) in [5.74, 6) is -1.29. The average molecular weight is 558 g/mol. The van der Waals surface area contributed by atoms with E-state index in [2.05, 4.69) is 0 Å². The first-order valence-corrected chi connectivity index (χ1v) is 13.7. The Morgan fingerprint density at radius 2 is 1.89 bits per heavy atom. The van der Waals surface area contributed by atoms with Gasteiger partial charge in [-0.1, -0.05) is 25.1 Å². The Kier molecular flexibility index (Phi) is 9.32. The number of aliphatic hydroxyl groups is 1. The van der Waals surface area contributed by atoms with Crippen molar-refractivity contribution in [3.63, 3.8) is 0 Å². The molecule has 0 radical (unpaired) electrons. The summed E-state index contributed by atoms with van der Waals surface area (Å²) >= 11 is 0. The predicted octanol–water partition coefficient (Wildman–Crippen LogP) is 1.73. The SMILES string of the molecule is CC(C)OC(=O)[C@H](C)C[P@@](=O)(Oc1ccccc1)O[C@H](C)[C@H]1O[C@@H](n2ccc(=O)[nH]c2=O)C(N)(CF)[C@H]1O. The third-order valence-corrected chi connectivity index (χ3v) is 8.11. The predicted molar refractivity (Wildman–Crippen MR) is 135 cm³/mol. The second-order valence-corrected chi connectivity index (χ2v) is 11.5. The van der Waals surface area contributed by atoms with Crippen molar-refractivity contribution in [2.45, 2.75) is 63.9 Å². The second-order valence-electron chi connectivity index (χ2n) is 9.56. The number of para-hydroxylation sites is 1. The molecule has 14 heteroatoms. The van der Waals surface area contributed by atoms with Gasteiger partial charge in [0, 0.05) is 12.3 Å². The molecule has 1 aromatic carbocycles. The van der Waals surface area contributed by atoms with Gasteiger partial charge in [-0.2, -0.15) is 0 Å². The van der Waals surface area contributed by atoms with Crippen LogP contribution in [0.25, 0.3) is 0 Å². The van der Waals surface area contributed by atoms with Gasteiger partial charge in [0.2, 0.25) is 0 Å². The van der Waals surface area contributed by atoms with E-state index in [0.717, 1.165) is 16.8 Å². The van der Waals surface area contributed by atoms with E-state index in [1.165, 1.54) is 13.8 Å². The zero-order valence-electron chi connectivity index (χ0n) is 21.5. The number of benzene rings is 1. The number of carbonyl (C=O) groups is 1. The van der Waals surface area contributed by atoms with E-state index in [0.29, 0.717) is 0 Å². The molecule has 7 atom stereocenters. The molecule has 0 aliphatic carbocycles. The summed E-state index contributed by atoms with van der Waals surface area (Å²) in [7, 11) is -4.13. The number of nitrogens with one attached hydrogen (secondary N) is 1. The molecular formula is C24H33FN3O9P. The van der Waals surface area contributed by atoms with Gasteiger partial charge in [-0.15, -0.1) is 0 Å². The Morgan fingerprint density at radius 1 is 1.24 bits per heavy atom. The number of alkyl halides is 1. The van der Waals surface area contributed by atoms with E-state index in [-0.39, 0.29) is 11.9 Å². The largest absolute Gasteiger partial charge is 0.463 e. The molecule has 1 aromatic heterocycles. The summed E-state index contributed by atoms with van der Waals surface area (Å²) < 4.78 is 51.5. The molecule has 1 aliphatic rings. The highest BCUT2D eigenvalue weighted by molar-refractivity contribution is 7.54. The normalized spacial score (nSPS) is 26.5. The lowest BCUT2D eigenvalue weighted by Gasteiger charge is -2.31. The topological polar surface area (TPSA) is 172 Å². The summed E-state index contributed by atoms with van der Waals surface area (Å²) in [4.78, 5) is 38.2. The van der Waals surface area contributed by atoms with E-state index in [9.17, 15) is 28.4 Å². The molecule has 2 aromatic rings. The minimum Gasteiger partial charge on any atom is -0.463 e. The quantitative estimate of drug-likeness (QED) is 0.273. The Balaban J connectivity index is 1.89. The Bertz CT molecular complexity index is 1270. The maximum Gasteiger partial charge on any atom is 0.380 e. The van der Waals surface area contributed by atoms with Gasteiger partial charge in [0.15, 0.2) is 6.23 Å². The number of hydrogen-bond donors (Lipinski definition) is 3. The molecule has 0 spiro atoms.